The third kappa shape index (κ3) is 3.54. The number of carbonyl (C=O) groups is 2. The zero-order chi connectivity index (χ0) is 19.9. The number of nitrogens with zero attached hydrogens (tertiary/aromatic N) is 1. The molecule has 2 aliphatic carbocycles. The van der Waals surface area contributed by atoms with E-state index in [0.717, 1.165) is 50.3 Å². The number of fused-ring (bicyclic) bond motifs is 1. The van der Waals surface area contributed by atoms with Crippen LogP contribution in [0, 0.1) is 11.2 Å². The van der Waals surface area contributed by atoms with Gasteiger partial charge >= 0.3 is 0 Å². The van der Waals surface area contributed by atoms with Gasteiger partial charge in [0.1, 0.15) is 5.82 Å². The Labute approximate surface area is 167 Å². The number of thiazole rings is 1. The summed E-state index contributed by atoms with van der Waals surface area (Å²) >= 11 is -1.08. The van der Waals surface area contributed by atoms with E-state index < -0.39 is 22.8 Å². The van der Waals surface area contributed by atoms with Crippen molar-refractivity contribution in [3.05, 3.63) is 40.2 Å². The van der Waals surface area contributed by atoms with Crippen LogP contribution in [0.4, 0.5) is 9.52 Å². The van der Waals surface area contributed by atoms with E-state index in [0.29, 0.717) is 10.0 Å². The van der Waals surface area contributed by atoms with Crippen LogP contribution in [0.2, 0.25) is 0 Å². The molecule has 1 fully saturated rings. The van der Waals surface area contributed by atoms with Crippen LogP contribution in [0.15, 0.2) is 23.1 Å². The van der Waals surface area contributed by atoms with Crippen molar-refractivity contribution in [2.45, 2.75) is 49.8 Å². The maximum Gasteiger partial charge on any atom is 0.230 e. The molecule has 1 atom stereocenters. The minimum atomic E-state index is -2.28. The van der Waals surface area contributed by atoms with Gasteiger partial charge < -0.3 is 9.87 Å². The van der Waals surface area contributed by atoms with E-state index in [1.807, 2.05) is 0 Å². The van der Waals surface area contributed by atoms with Crippen molar-refractivity contribution in [3.8, 4) is 0 Å². The molecule has 0 saturated heterocycles. The van der Waals surface area contributed by atoms with Gasteiger partial charge in [-0.05, 0) is 43.4 Å². The fourth-order valence-corrected chi connectivity index (χ4v) is 5.59. The van der Waals surface area contributed by atoms with E-state index in [2.05, 4.69) is 10.3 Å². The van der Waals surface area contributed by atoms with Crippen LogP contribution in [0.3, 0.4) is 0 Å². The van der Waals surface area contributed by atoms with Crippen LogP contribution >= 0.6 is 11.3 Å². The quantitative estimate of drug-likeness (QED) is 0.732. The average Bonchev–Trinajstić information content (AvgIpc) is 3.28. The van der Waals surface area contributed by atoms with Crippen LogP contribution < -0.4 is 5.32 Å². The molecule has 2 N–H and O–H groups in total. The molecule has 0 bridgehead atoms. The molecule has 0 aliphatic heterocycles. The first-order valence-corrected chi connectivity index (χ1v) is 11.0. The number of hydrogen-bond acceptors (Lipinski definition) is 5. The fourth-order valence-electron chi connectivity index (χ4n) is 4.11. The SMILES string of the molecule is O=C(Cc1ccc(S(=O)O)cc1F)Nc1nc2c(s1)C(=O)C1(CCCC1)CC2. The summed E-state index contributed by atoms with van der Waals surface area (Å²) in [4.78, 5) is 30.2. The predicted molar refractivity (Wildman–Crippen MR) is 103 cm³/mol. The third-order valence-electron chi connectivity index (χ3n) is 5.61. The van der Waals surface area contributed by atoms with Gasteiger partial charge in [-0.15, -0.1) is 0 Å². The third-order valence-corrected chi connectivity index (χ3v) is 7.28. The normalized spacial score (nSPS) is 18.9. The largest absolute Gasteiger partial charge is 0.302 e. The van der Waals surface area contributed by atoms with Crippen LogP contribution in [-0.2, 0) is 28.7 Å². The van der Waals surface area contributed by atoms with Crippen LogP contribution in [0.25, 0.3) is 0 Å². The summed E-state index contributed by atoms with van der Waals surface area (Å²) in [5, 5.41) is 3.01. The summed E-state index contributed by atoms with van der Waals surface area (Å²) in [5.41, 5.74) is 0.621. The number of aryl methyl sites for hydroxylation is 1. The van der Waals surface area contributed by atoms with Gasteiger partial charge in [0.25, 0.3) is 0 Å². The number of carbonyl (C=O) groups excluding carboxylic acids is 2. The van der Waals surface area contributed by atoms with Gasteiger partial charge in [0.05, 0.1) is 21.9 Å². The first-order valence-electron chi connectivity index (χ1n) is 9.12. The summed E-state index contributed by atoms with van der Waals surface area (Å²) in [6.45, 7) is 0. The zero-order valence-corrected chi connectivity index (χ0v) is 16.6. The highest BCUT2D eigenvalue weighted by atomic mass is 32.2. The molecule has 148 valence electrons. The molecule has 6 nitrogen and oxygen atoms in total. The predicted octanol–water partition coefficient (Wildman–Crippen LogP) is 3.73. The van der Waals surface area contributed by atoms with Crippen LogP contribution in [-0.4, -0.2) is 25.4 Å². The highest BCUT2D eigenvalue weighted by Crippen LogP contribution is 2.49. The van der Waals surface area contributed by atoms with Crippen LogP contribution in [0.5, 0.6) is 0 Å². The van der Waals surface area contributed by atoms with Crippen molar-refractivity contribution in [2.24, 2.45) is 5.41 Å². The van der Waals surface area contributed by atoms with Gasteiger partial charge in [-0.25, -0.2) is 13.6 Å². The number of halogens is 1. The maximum atomic E-state index is 14.0. The van der Waals surface area contributed by atoms with Crippen molar-refractivity contribution in [2.75, 3.05) is 5.32 Å². The maximum absolute atomic E-state index is 14.0. The van der Waals surface area contributed by atoms with Gasteiger partial charge in [-0.1, -0.05) is 30.2 Å². The molecule has 4 rings (SSSR count). The van der Waals surface area contributed by atoms with E-state index in [1.54, 1.807) is 0 Å². The molecular weight excluding hydrogens is 403 g/mol. The fraction of sp³-hybridized carbons (Fsp3) is 0.421. The van der Waals surface area contributed by atoms with Gasteiger partial charge in [-0.3, -0.25) is 9.59 Å². The minimum Gasteiger partial charge on any atom is -0.302 e. The molecule has 28 heavy (non-hydrogen) atoms. The molecule has 1 heterocycles. The topological polar surface area (TPSA) is 96.4 Å². The zero-order valence-electron chi connectivity index (χ0n) is 15.0. The minimum absolute atomic E-state index is 0.0615. The molecule has 1 aromatic carbocycles. The molecule has 1 amide bonds. The lowest BCUT2D eigenvalue weighted by Gasteiger charge is -2.30. The number of anilines is 1. The second kappa shape index (κ2) is 7.46. The second-order valence-corrected chi connectivity index (χ2v) is 9.31. The summed E-state index contributed by atoms with van der Waals surface area (Å²) in [6, 6.07) is 3.57. The summed E-state index contributed by atoms with van der Waals surface area (Å²) in [5.74, 6) is -1.01. The van der Waals surface area contributed by atoms with Crippen molar-refractivity contribution in [1.82, 2.24) is 4.98 Å². The molecule has 2 aliphatic rings. The summed E-state index contributed by atoms with van der Waals surface area (Å²) < 4.78 is 34.0. The number of rotatable bonds is 4. The first-order chi connectivity index (χ1) is 13.4. The number of amides is 1. The van der Waals surface area contributed by atoms with Gasteiger partial charge in [0.15, 0.2) is 22.0 Å². The van der Waals surface area contributed by atoms with Crippen molar-refractivity contribution in [3.63, 3.8) is 0 Å². The Morgan fingerprint density at radius 1 is 1.32 bits per heavy atom. The van der Waals surface area contributed by atoms with Gasteiger partial charge in [-0.2, -0.15) is 0 Å². The lowest BCUT2D eigenvalue weighted by atomic mass is 9.73. The Morgan fingerprint density at radius 3 is 2.75 bits per heavy atom. The van der Waals surface area contributed by atoms with Crippen LogP contribution in [0.1, 0.15) is 53.0 Å². The average molecular weight is 423 g/mol. The Morgan fingerprint density at radius 2 is 2.07 bits per heavy atom. The molecule has 2 aromatic rings. The molecular formula is C19H19FN2O4S2. The first kappa shape index (κ1) is 19.4. The highest BCUT2D eigenvalue weighted by molar-refractivity contribution is 7.79. The van der Waals surface area contributed by atoms with E-state index >= 15 is 0 Å². The molecule has 1 spiro atoms. The Bertz CT molecular complexity index is 982. The highest BCUT2D eigenvalue weighted by Gasteiger charge is 2.45. The number of benzene rings is 1. The Kier molecular flexibility index (Phi) is 5.15. The van der Waals surface area contributed by atoms with Gasteiger partial charge in [0.2, 0.25) is 5.91 Å². The molecule has 1 saturated carbocycles. The molecule has 9 heteroatoms. The summed E-state index contributed by atoms with van der Waals surface area (Å²) in [6.07, 6.45) is 5.35. The number of nitrogens with one attached hydrogen (secondary N) is 1. The van der Waals surface area contributed by atoms with Crippen molar-refractivity contribution < 1.29 is 22.7 Å². The monoisotopic (exact) mass is 422 g/mol. The molecule has 1 aromatic heterocycles. The number of aromatic nitrogens is 1. The Hall–Kier alpha value is -1.97. The lowest BCUT2D eigenvalue weighted by molar-refractivity contribution is -0.115. The van der Waals surface area contributed by atoms with Crippen molar-refractivity contribution >= 4 is 39.2 Å². The van der Waals surface area contributed by atoms with Gasteiger partial charge in [0, 0.05) is 5.41 Å². The van der Waals surface area contributed by atoms with E-state index in [1.165, 1.54) is 23.5 Å². The molecule has 0 radical (unpaired) electrons. The lowest BCUT2D eigenvalue weighted by Crippen LogP contribution is -2.32. The number of Topliss-reactive ketones (excluding diaryl/α,β-unsaturated/α-hetero) is 1. The smallest absolute Gasteiger partial charge is 0.230 e. The van der Waals surface area contributed by atoms with E-state index in [-0.39, 0.29) is 28.1 Å². The molecule has 1 unspecified atom stereocenters. The summed E-state index contributed by atoms with van der Waals surface area (Å²) in [7, 11) is 0. The van der Waals surface area contributed by atoms with E-state index in [4.69, 9.17) is 4.55 Å². The Balaban J connectivity index is 1.46. The number of hydrogen-bond donors (Lipinski definition) is 2. The standard InChI is InChI=1S/C19H19FN2O4S2/c20-13-10-12(28(25)26)4-3-11(13)9-15(23)22-18-21-14-5-8-19(6-1-2-7-19)17(24)16(14)27-18/h3-4,10H,1-2,5-9H2,(H,25,26)(H,21,22,23). The number of ketones is 1. The van der Waals surface area contributed by atoms with E-state index in [9.17, 15) is 18.2 Å². The second-order valence-electron chi connectivity index (χ2n) is 7.34. The van der Waals surface area contributed by atoms with Crippen molar-refractivity contribution in [1.29, 1.82) is 0 Å².